The molecular weight excluding hydrogens is 564 g/mol. The van der Waals surface area contributed by atoms with E-state index in [0.29, 0.717) is 30.3 Å². The van der Waals surface area contributed by atoms with E-state index in [4.69, 9.17) is 9.31 Å². The van der Waals surface area contributed by atoms with Crippen molar-refractivity contribution in [3.05, 3.63) is 113 Å². The van der Waals surface area contributed by atoms with Crippen molar-refractivity contribution in [2.75, 3.05) is 0 Å². The van der Waals surface area contributed by atoms with Gasteiger partial charge < -0.3 is 9.31 Å². The van der Waals surface area contributed by atoms with Crippen LogP contribution < -0.4 is 14.8 Å². The van der Waals surface area contributed by atoms with Crippen molar-refractivity contribution in [1.29, 1.82) is 0 Å². The topological polar surface area (TPSA) is 18.5 Å². The molecule has 5 aromatic carbocycles. The molecule has 0 saturated carbocycles. The molecule has 0 heterocycles. The van der Waals surface area contributed by atoms with Gasteiger partial charge in [-0.2, -0.15) is 8.78 Å². The van der Waals surface area contributed by atoms with Crippen molar-refractivity contribution in [3.63, 3.8) is 0 Å². The largest absolute Gasteiger partial charge is 0.633 e. The average Bonchev–Trinajstić information content (AvgIpc) is 2.91. The molecule has 0 spiro atoms. The molecule has 0 aliphatic heterocycles. The lowest BCUT2D eigenvalue weighted by atomic mass is 9.75. The van der Waals surface area contributed by atoms with E-state index in [1.165, 1.54) is 0 Å². The normalized spacial score (nSPS) is 11.4. The van der Waals surface area contributed by atoms with Crippen LogP contribution in [-0.4, -0.2) is 7.12 Å². The van der Waals surface area contributed by atoms with Crippen LogP contribution in [0.3, 0.4) is 0 Å². The lowest BCUT2D eigenvalue weighted by Gasteiger charge is -2.21. The van der Waals surface area contributed by atoms with E-state index in [1.807, 2.05) is 0 Å². The highest BCUT2D eigenvalue weighted by Gasteiger charge is 2.36. The third-order valence-corrected chi connectivity index (χ3v) is 5.88. The number of rotatable bonds is 5. The summed E-state index contributed by atoms with van der Waals surface area (Å²) in [7, 11) is -2.39. The lowest BCUT2D eigenvalue weighted by Crippen LogP contribution is -2.44. The minimum Gasteiger partial charge on any atom is -0.521 e. The van der Waals surface area contributed by atoms with Crippen molar-refractivity contribution < 1.29 is 57.6 Å². The summed E-state index contributed by atoms with van der Waals surface area (Å²) in [6.45, 7) is 0. The van der Waals surface area contributed by atoms with Crippen LogP contribution in [0.1, 0.15) is 0 Å². The summed E-state index contributed by atoms with van der Waals surface area (Å²) in [6, 6.07) is 5.05. The van der Waals surface area contributed by atoms with E-state index in [-0.39, 0.29) is 0 Å². The number of benzene rings is 5. The Bertz CT molecular complexity index is 1820. The second-order valence-corrected chi connectivity index (χ2v) is 8.24. The van der Waals surface area contributed by atoms with Gasteiger partial charge in [0.1, 0.15) is 29.0 Å². The summed E-state index contributed by atoms with van der Waals surface area (Å²) >= 11 is 0. The molecule has 0 bridgehead atoms. The molecule has 0 aliphatic carbocycles. The highest BCUT2D eigenvalue weighted by molar-refractivity contribution is 6.65. The van der Waals surface area contributed by atoms with E-state index in [1.54, 1.807) is 0 Å². The Morgan fingerprint density at radius 1 is 0.450 bits per heavy atom. The highest BCUT2D eigenvalue weighted by Crippen LogP contribution is 2.34. The predicted molar refractivity (Wildman–Crippen MR) is 121 cm³/mol. The summed E-state index contributed by atoms with van der Waals surface area (Å²) in [5.74, 6) is -23.2. The maximum Gasteiger partial charge on any atom is 0.633 e. The van der Waals surface area contributed by atoms with Crippen LogP contribution in [0.4, 0.5) is 48.3 Å². The Morgan fingerprint density at radius 3 is 1.70 bits per heavy atom. The number of fused-ring (bicyclic) bond motifs is 2. The van der Waals surface area contributed by atoms with Crippen LogP contribution in [0.25, 0.3) is 21.5 Å². The van der Waals surface area contributed by atoms with Gasteiger partial charge in [0.25, 0.3) is 0 Å². The quantitative estimate of drug-likeness (QED) is 0.0948. The van der Waals surface area contributed by atoms with Gasteiger partial charge in [0.05, 0.1) is 10.8 Å². The zero-order valence-corrected chi connectivity index (χ0v) is 19.2. The van der Waals surface area contributed by atoms with Gasteiger partial charge in [0, 0.05) is 16.9 Å². The van der Waals surface area contributed by atoms with Crippen LogP contribution in [0, 0.1) is 64.0 Å². The Labute approximate surface area is 216 Å². The molecule has 0 saturated heterocycles. The molecule has 5 rings (SSSR count). The molecule has 0 unspecified atom stereocenters. The molecule has 0 aliphatic rings. The van der Waals surface area contributed by atoms with Crippen molar-refractivity contribution in [2.45, 2.75) is 0 Å². The minimum absolute atomic E-state index is 0.336. The van der Waals surface area contributed by atoms with Gasteiger partial charge in [-0.1, -0.05) is 12.1 Å². The van der Waals surface area contributed by atoms with E-state index < -0.39 is 110 Å². The standard InChI is InChI=1S/C26H8BF11O2/c28-9-7-11-17(6-5-13(29)18(11)16(32)8-9)39-27(40-26-24(37)22(35)21(34)23(36)25(26)38)12-2-4-14(30)19-10(12)1-3-15(31)20(19)33/h1-8H. The fourth-order valence-corrected chi connectivity index (χ4v) is 4.06. The molecule has 0 atom stereocenters. The van der Waals surface area contributed by atoms with Crippen molar-refractivity contribution in [1.82, 2.24) is 0 Å². The average molecular weight is 572 g/mol. The summed E-state index contributed by atoms with van der Waals surface area (Å²) in [6.07, 6.45) is 0. The van der Waals surface area contributed by atoms with Crippen molar-refractivity contribution in [2.24, 2.45) is 0 Å². The van der Waals surface area contributed by atoms with Gasteiger partial charge in [-0.25, -0.2) is 39.5 Å². The molecule has 0 aromatic heterocycles. The predicted octanol–water partition coefficient (Wildman–Crippen LogP) is 7.38. The first-order chi connectivity index (χ1) is 18.9. The van der Waals surface area contributed by atoms with Crippen LogP contribution in [0.15, 0.2) is 48.5 Å². The zero-order valence-electron chi connectivity index (χ0n) is 19.2. The zero-order chi connectivity index (χ0) is 29.0. The first kappa shape index (κ1) is 27.1. The summed E-state index contributed by atoms with van der Waals surface area (Å²) in [4.78, 5) is 0. The molecule has 0 N–H and O–H groups in total. The number of hydrogen-bond acceptors (Lipinski definition) is 2. The molecule has 40 heavy (non-hydrogen) atoms. The Kier molecular flexibility index (Phi) is 6.72. The molecule has 0 radical (unpaired) electrons. The maximum absolute atomic E-state index is 14.5. The molecule has 204 valence electrons. The van der Waals surface area contributed by atoms with Crippen molar-refractivity contribution >= 4 is 34.1 Å². The number of hydrogen-bond donors (Lipinski definition) is 0. The Morgan fingerprint density at radius 2 is 1.02 bits per heavy atom. The SMILES string of the molecule is Fc1cc(F)c2c(F)ccc(OB(Oc3c(F)c(F)c(F)c(F)c3F)c3ccc(F)c4c(F)c(F)ccc34)c2c1. The van der Waals surface area contributed by atoms with E-state index in [2.05, 4.69) is 0 Å². The molecule has 5 aromatic rings. The summed E-state index contributed by atoms with van der Waals surface area (Å²) in [5.41, 5.74) is -0.561. The van der Waals surface area contributed by atoms with Gasteiger partial charge >= 0.3 is 7.12 Å². The Balaban J connectivity index is 1.77. The highest BCUT2D eigenvalue weighted by atomic mass is 19.2. The molecule has 0 fully saturated rings. The number of halogens is 11. The first-order valence-electron chi connectivity index (χ1n) is 10.9. The van der Waals surface area contributed by atoms with Gasteiger partial charge in [0.2, 0.25) is 29.1 Å². The second-order valence-electron chi connectivity index (χ2n) is 8.24. The first-order valence-corrected chi connectivity index (χ1v) is 10.9. The van der Waals surface area contributed by atoms with Crippen molar-refractivity contribution in [3.8, 4) is 11.5 Å². The van der Waals surface area contributed by atoms with E-state index >= 15 is 0 Å². The monoisotopic (exact) mass is 572 g/mol. The fourth-order valence-electron chi connectivity index (χ4n) is 4.06. The second kappa shape index (κ2) is 9.92. The van der Waals surface area contributed by atoms with Gasteiger partial charge in [-0.05, 0) is 35.7 Å². The van der Waals surface area contributed by atoms with Crippen LogP contribution in [0.2, 0.25) is 0 Å². The summed E-state index contributed by atoms with van der Waals surface area (Å²) < 4.78 is 166. The van der Waals surface area contributed by atoms with Crippen LogP contribution >= 0.6 is 0 Å². The summed E-state index contributed by atoms with van der Waals surface area (Å²) in [5, 5.41) is -2.97. The third-order valence-electron chi connectivity index (χ3n) is 5.88. The lowest BCUT2D eigenvalue weighted by molar-refractivity contribution is 0.335. The molecular formula is C26H8BF11O2. The molecule has 0 amide bonds. The van der Waals surface area contributed by atoms with E-state index in [0.717, 1.165) is 18.2 Å². The maximum atomic E-state index is 14.5. The van der Waals surface area contributed by atoms with Gasteiger partial charge in [-0.3, -0.25) is 0 Å². The third kappa shape index (κ3) is 4.32. The smallest absolute Gasteiger partial charge is 0.521 e. The molecule has 2 nitrogen and oxygen atoms in total. The Hall–Kier alpha value is -4.49. The van der Waals surface area contributed by atoms with Crippen LogP contribution in [0.5, 0.6) is 11.5 Å². The van der Waals surface area contributed by atoms with Crippen LogP contribution in [-0.2, 0) is 0 Å². The van der Waals surface area contributed by atoms with Gasteiger partial charge in [0.15, 0.2) is 17.4 Å². The van der Waals surface area contributed by atoms with E-state index in [9.17, 15) is 48.3 Å². The fraction of sp³-hybridized carbons (Fsp3) is 0. The van der Waals surface area contributed by atoms with Gasteiger partial charge in [-0.15, -0.1) is 0 Å². The minimum atomic E-state index is -2.53. The molecule has 14 heteroatoms.